The molecule has 6 nitrogen and oxygen atoms in total. The Balaban J connectivity index is 1.59. The van der Waals surface area contributed by atoms with E-state index < -0.39 is 5.82 Å². The van der Waals surface area contributed by atoms with Gasteiger partial charge in [0.15, 0.2) is 11.6 Å². The quantitative estimate of drug-likeness (QED) is 0.754. The van der Waals surface area contributed by atoms with Gasteiger partial charge in [-0.3, -0.25) is 0 Å². The predicted molar refractivity (Wildman–Crippen MR) is 92.1 cm³/mol. The molecule has 0 atom stereocenters. The first kappa shape index (κ1) is 15.9. The van der Waals surface area contributed by atoms with Crippen LogP contribution in [-0.2, 0) is 6.42 Å². The van der Waals surface area contributed by atoms with Crippen molar-refractivity contribution < 1.29 is 4.39 Å². The molecule has 1 N–H and O–H groups in total. The number of para-hydroxylation sites is 1. The smallest absolute Gasteiger partial charge is 0.224 e. The molecule has 24 heavy (non-hydrogen) atoms. The summed E-state index contributed by atoms with van der Waals surface area (Å²) >= 11 is 0. The Hall–Kier alpha value is -2.96. The Morgan fingerprint density at radius 2 is 1.96 bits per heavy atom. The van der Waals surface area contributed by atoms with Crippen LogP contribution in [0.4, 0.5) is 16.2 Å². The fourth-order valence-electron chi connectivity index (χ4n) is 2.29. The maximum Gasteiger partial charge on any atom is 0.224 e. The first-order chi connectivity index (χ1) is 11.6. The van der Waals surface area contributed by atoms with Crippen LogP contribution in [0.5, 0.6) is 0 Å². The molecule has 0 saturated heterocycles. The molecule has 0 saturated carbocycles. The Kier molecular flexibility index (Phi) is 4.69. The lowest BCUT2D eigenvalue weighted by Crippen LogP contribution is -2.15. The highest BCUT2D eigenvalue weighted by molar-refractivity contribution is 5.42. The van der Waals surface area contributed by atoms with E-state index in [0.717, 1.165) is 17.7 Å². The Bertz CT molecular complexity index is 800. The van der Waals surface area contributed by atoms with Crippen LogP contribution in [0.3, 0.4) is 0 Å². The van der Waals surface area contributed by atoms with Gasteiger partial charge < -0.3 is 10.2 Å². The summed E-state index contributed by atoms with van der Waals surface area (Å²) in [4.78, 5) is 9.74. The third kappa shape index (κ3) is 3.68. The van der Waals surface area contributed by atoms with E-state index in [1.54, 1.807) is 19.0 Å². The van der Waals surface area contributed by atoms with Crippen molar-refractivity contribution in [3.63, 3.8) is 0 Å². The van der Waals surface area contributed by atoms with Gasteiger partial charge in [0.2, 0.25) is 5.95 Å². The predicted octanol–water partition coefficient (Wildman–Crippen LogP) is 2.52. The van der Waals surface area contributed by atoms with Crippen molar-refractivity contribution >= 4 is 11.8 Å². The lowest BCUT2D eigenvalue weighted by Gasteiger charge is -2.13. The summed E-state index contributed by atoms with van der Waals surface area (Å²) < 4.78 is 15.4. The highest BCUT2D eigenvalue weighted by Gasteiger charge is 2.08. The SMILES string of the molecule is CN(C)c1nc(NCCc2cnn(-c3ccccc3)c2)ncc1F. The van der Waals surface area contributed by atoms with Crippen LogP contribution < -0.4 is 10.2 Å². The average Bonchev–Trinajstić information content (AvgIpc) is 3.06. The minimum Gasteiger partial charge on any atom is -0.360 e. The fourth-order valence-corrected chi connectivity index (χ4v) is 2.29. The standard InChI is InChI=1S/C17H19FN6/c1-23(2)16-15(18)11-20-17(22-16)19-9-8-13-10-21-24(12-13)14-6-4-3-5-7-14/h3-7,10-12H,8-9H2,1-2H3,(H,19,20,22). The van der Waals surface area contributed by atoms with E-state index in [9.17, 15) is 4.39 Å². The molecule has 0 amide bonds. The molecule has 0 fully saturated rings. The van der Waals surface area contributed by atoms with Crippen LogP contribution in [0, 0.1) is 5.82 Å². The molecule has 0 aliphatic heterocycles. The summed E-state index contributed by atoms with van der Waals surface area (Å²) in [6.45, 7) is 0.638. The number of benzene rings is 1. The molecule has 7 heteroatoms. The van der Waals surface area contributed by atoms with Crippen molar-refractivity contribution in [2.45, 2.75) is 6.42 Å². The third-order valence-electron chi connectivity index (χ3n) is 3.50. The molecule has 0 unspecified atom stereocenters. The second-order valence-corrected chi connectivity index (χ2v) is 5.57. The van der Waals surface area contributed by atoms with E-state index in [4.69, 9.17) is 0 Å². The van der Waals surface area contributed by atoms with Gasteiger partial charge in [0.25, 0.3) is 0 Å². The van der Waals surface area contributed by atoms with Crippen LogP contribution in [0.2, 0.25) is 0 Å². The maximum absolute atomic E-state index is 13.6. The lowest BCUT2D eigenvalue weighted by atomic mass is 10.2. The van der Waals surface area contributed by atoms with Gasteiger partial charge >= 0.3 is 0 Å². The number of nitrogens with zero attached hydrogens (tertiary/aromatic N) is 5. The Morgan fingerprint density at radius 1 is 1.17 bits per heavy atom. The van der Waals surface area contributed by atoms with E-state index in [0.29, 0.717) is 12.5 Å². The third-order valence-corrected chi connectivity index (χ3v) is 3.50. The van der Waals surface area contributed by atoms with Crippen LogP contribution in [0.1, 0.15) is 5.56 Å². The highest BCUT2D eigenvalue weighted by atomic mass is 19.1. The van der Waals surface area contributed by atoms with Crippen molar-refractivity contribution in [2.24, 2.45) is 0 Å². The normalized spacial score (nSPS) is 10.6. The van der Waals surface area contributed by atoms with Gasteiger partial charge in [0.05, 0.1) is 18.1 Å². The van der Waals surface area contributed by atoms with E-state index in [-0.39, 0.29) is 5.82 Å². The number of rotatable bonds is 6. The molecule has 0 aliphatic rings. The second kappa shape index (κ2) is 7.08. The van der Waals surface area contributed by atoms with Gasteiger partial charge in [-0.2, -0.15) is 10.1 Å². The Morgan fingerprint density at radius 3 is 2.71 bits per heavy atom. The molecule has 2 aromatic heterocycles. The van der Waals surface area contributed by atoms with E-state index >= 15 is 0 Å². The maximum atomic E-state index is 13.6. The van der Waals surface area contributed by atoms with Crippen LogP contribution in [0.15, 0.2) is 48.9 Å². The number of anilines is 2. The topological polar surface area (TPSA) is 58.9 Å². The number of hydrogen-bond donors (Lipinski definition) is 1. The molecule has 3 aromatic rings. The van der Waals surface area contributed by atoms with E-state index in [1.165, 1.54) is 6.20 Å². The number of hydrogen-bond acceptors (Lipinski definition) is 5. The molecule has 0 bridgehead atoms. The number of nitrogens with one attached hydrogen (secondary N) is 1. The molecule has 2 heterocycles. The molecular weight excluding hydrogens is 307 g/mol. The van der Waals surface area contributed by atoms with E-state index in [2.05, 4.69) is 20.4 Å². The van der Waals surface area contributed by atoms with Gasteiger partial charge in [-0.1, -0.05) is 18.2 Å². The molecule has 0 spiro atoms. The summed E-state index contributed by atoms with van der Waals surface area (Å²) in [5.74, 6) is 0.245. The molecule has 0 radical (unpaired) electrons. The summed E-state index contributed by atoms with van der Waals surface area (Å²) in [6.07, 6.45) is 5.78. The zero-order chi connectivity index (χ0) is 16.9. The summed E-state index contributed by atoms with van der Waals surface area (Å²) in [5.41, 5.74) is 2.12. The molecule has 0 aliphatic carbocycles. The summed E-state index contributed by atoms with van der Waals surface area (Å²) in [5, 5.41) is 7.47. The molecule has 1 aromatic carbocycles. The lowest BCUT2D eigenvalue weighted by molar-refractivity contribution is 0.612. The number of aromatic nitrogens is 4. The largest absolute Gasteiger partial charge is 0.360 e. The summed E-state index contributed by atoms with van der Waals surface area (Å²) in [7, 11) is 3.49. The highest BCUT2D eigenvalue weighted by Crippen LogP contribution is 2.14. The zero-order valence-electron chi connectivity index (χ0n) is 13.6. The van der Waals surface area contributed by atoms with Crippen LogP contribution in [0.25, 0.3) is 5.69 Å². The first-order valence-corrected chi connectivity index (χ1v) is 7.66. The van der Waals surface area contributed by atoms with Gasteiger partial charge in [0, 0.05) is 26.8 Å². The fraction of sp³-hybridized carbons (Fsp3) is 0.235. The van der Waals surface area contributed by atoms with Crippen molar-refractivity contribution in [1.29, 1.82) is 0 Å². The summed E-state index contributed by atoms with van der Waals surface area (Å²) in [6, 6.07) is 9.94. The second-order valence-electron chi connectivity index (χ2n) is 5.57. The molecule has 3 rings (SSSR count). The monoisotopic (exact) mass is 326 g/mol. The number of halogens is 1. The van der Waals surface area contributed by atoms with Crippen molar-refractivity contribution in [3.05, 3.63) is 60.3 Å². The van der Waals surface area contributed by atoms with Gasteiger partial charge in [-0.05, 0) is 24.1 Å². The Labute approximate surface area is 140 Å². The molecule has 124 valence electrons. The molecular formula is C17H19FN6. The van der Waals surface area contributed by atoms with Gasteiger partial charge in [-0.15, -0.1) is 0 Å². The van der Waals surface area contributed by atoms with Crippen molar-refractivity contribution in [1.82, 2.24) is 19.7 Å². The minimum atomic E-state index is -0.435. The zero-order valence-corrected chi connectivity index (χ0v) is 13.6. The average molecular weight is 326 g/mol. The van der Waals surface area contributed by atoms with Crippen molar-refractivity contribution in [2.75, 3.05) is 30.9 Å². The van der Waals surface area contributed by atoms with Crippen LogP contribution >= 0.6 is 0 Å². The minimum absolute atomic E-state index is 0.268. The first-order valence-electron chi connectivity index (χ1n) is 7.66. The van der Waals surface area contributed by atoms with Crippen LogP contribution in [-0.4, -0.2) is 40.4 Å². The van der Waals surface area contributed by atoms with Gasteiger partial charge in [-0.25, -0.2) is 14.1 Å². The van der Waals surface area contributed by atoms with E-state index in [1.807, 2.05) is 47.4 Å². The van der Waals surface area contributed by atoms with Gasteiger partial charge in [0.1, 0.15) is 0 Å². The van der Waals surface area contributed by atoms with Crippen molar-refractivity contribution in [3.8, 4) is 5.69 Å².